The lowest BCUT2D eigenvalue weighted by Gasteiger charge is -2.13. The number of amides is 1. The van der Waals surface area contributed by atoms with Crippen LogP contribution in [0.25, 0.3) is 6.08 Å². The average molecular weight is 366 g/mol. The maximum atomic E-state index is 12.4. The topological polar surface area (TPSA) is 79.6 Å². The summed E-state index contributed by atoms with van der Waals surface area (Å²) >= 11 is 1.20. The first-order valence-electron chi connectivity index (χ1n) is 7.64. The Bertz CT molecular complexity index is 816. The first-order chi connectivity index (χ1) is 11.6. The van der Waals surface area contributed by atoms with Gasteiger partial charge in [0.05, 0.1) is 12.8 Å². The Hall–Kier alpha value is -1.90. The zero-order valence-electron chi connectivity index (χ0n) is 13.0. The second kappa shape index (κ2) is 7.33. The fourth-order valence-corrected chi connectivity index (χ4v) is 5.39. The second-order valence-corrected chi connectivity index (χ2v) is 8.73. The molecule has 3 rings (SSSR count). The van der Waals surface area contributed by atoms with E-state index >= 15 is 0 Å². The summed E-state index contributed by atoms with van der Waals surface area (Å²) in [6, 6.07) is 6.84. The van der Waals surface area contributed by atoms with Crippen molar-refractivity contribution in [2.45, 2.75) is 23.6 Å². The lowest BCUT2D eigenvalue weighted by atomic mass is 10.4. The molecule has 1 N–H and O–H groups in total. The predicted molar refractivity (Wildman–Crippen MR) is 91.9 cm³/mol. The van der Waals surface area contributed by atoms with Crippen LogP contribution in [-0.2, 0) is 21.4 Å². The molecule has 0 radical (unpaired) electrons. The zero-order chi connectivity index (χ0) is 17.0. The quantitative estimate of drug-likeness (QED) is 0.797. The first kappa shape index (κ1) is 16.9. The summed E-state index contributed by atoms with van der Waals surface area (Å²) < 4.78 is 31.8. The van der Waals surface area contributed by atoms with E-state index in [0.29, 0.717) is 29.6 Å². The van der Waals surface area contributed by atoms with Crippen molar-refractivity contribution in [3.63, 3.8) is 0 Å². The number of rotatable bonds is 6. The van der Waals surface area contributed by atoms with Crippen molar-refractivity contribution in [3.8, 4) is 0 Å². The van der Waals surface area contributed by atoms with Gasteiger partial charge in [-0.1, -0.05) is 0 Å². The van der Waals surface area contributed by atoms with Crippen molar-refractivity contribution in [1.82, 2.24) is 9.62 Å². The van der Waals surface area contributed by atoms with Gasteiger partial charge in [0.1, 0.15) is 9.97 Å². The fraction of sp³-hybridized carbons (Fsp3) is 0.312. The maximum Gasteiger partial charge on any atom is 0.252 e. The molecule has 24 heavy (non-hydrogen) atoms. The van der Waals surface area contributed by atoms with Crippen molar-refractivity contribution in [3.05, 3.63) is 47.2 Å². The summed E-state index contributed by atoms with van der Waals surface area (Å²) in [4.78, 5) is 12.6. The molecule has 1 saturated heterocycles. The van der Waals surface area contributed by atoms with Gasteiger partial charge in [0.25, 0.3) is 10.0 Å². The van der Waals surface area contributed by atoms with E-state index in [2.05, 4.69) is 5.32 Å². The van der Waals surface area contributed by atoms with Crippen LogP contribution in [0.2, 0.25) is 0 Å². The van der Waals surface area contributed by atoms with Gasteiger partial charge in [0, 0.05) is 24.0 Å². The number of thiophene rings is 1. The molecule has 0 aromatic carbocycles. The van der Waals surface area contributed by atoms with Crippen LogP contribution in [0.15, 0.2) is 45.2 Å². The molecule has 128 valence electrons. The molecule has 0 unspecified atom stereocenters. The van der Waals surface area contributed by atoms with Crippen LogP contribution in [0, 0.1) is 0 Å². The number of nitrogens with one attached hydrogen (secondary N) is 1. The van der Waals surface area contributed by atoms with Crippen LogP contribution in [0.3, 0.4) is 0 Å². The van der Waals surface area contributed by atoms with Crippen molar-refractivity contribution in [2.75, 3.05) is 13.1 Å². The standard InChI is InChI=1S/C16H18N2O4S2/c19-15(7-5-13-4-3-11-22-13)17-12-14-6-8-16(23-14)24(20,21)18-9-1-2-10-18/h3-8,11H,1-2,9-10,12H2,(H,17,19). The Balaban J connectivity index is 1.57. The highest BCUT2D eigenvalue weighted by Gasteiger charge is 2.28. The third-order valence-corrected chi connectivity index (χ3v) is 7.13. The molecule has 0 saturated carbocycles. The molecule has 6 nitrogen and oxygen atoms in total. The van der Waals surface area contributed by atoms with E-state index in [9.17, 15) is 13.2 Å². The van der Waals surface area contributed by atoms with Crippen molar-refractivity contribution >= 4 is 33.3 Å². The molecule has 8 heteroatoms. The summed E-state index contributed by atoms with van der Waals surface area (Å²) in [5.74, 6) is 0.337. The molecular weight excluding hydrogens is 348 g/mol. The van der Waals surface area contributed by atoms with Gasteiger partial charge < -0.3 is 9.73 Å². The zero-order valence-corrected chi connectivity index (χ0v) is 14.6. The van der Waals surface area contributed by atoms with Gasteiger partial charge in [-0.05, 0) is 43.2 Å². The fourth-order valence-electron chi connectivity index (χ4n) is 2.42. The Morgan fingerprint density at radius 2 is 2.08 bits per heavy atom. The number of carbonyl (C=O) groups excluding carboxylic acids is 1. The van der Waals surface area contributed by atoms with E-state index in [1.165, 1.54) is 28.0 Å². The van der Waals surface area contributed by atoms with E-state index in [0.717, 1.165) is 17.7 Å². The van der Waals surface area contributed by atoms with Gasteiger partial charge in [0.15, 0.2) is 0 Å². The van der Waals surface area contributed by atoms with Crippen LogP contribution in [0.4, 0.5) is 0 Å². The monoisotopic (exact) mass is 366 g/mol. The Kier molecular flexibility index (Phi) is 5.17. The van der Waals surface area contributed by atoms with Gasteiger partial charge in [-0.25, -0.2) is 8.42 Å². The molecule has 2 aromatic rings. The molecule has 1 amide bonds. The smallest absolute Gasteiger partial charge is 0.252 e. The largest absolute Gasteiger partial charge is 0.465 e. The van der Waals surface area contributed by atoms with E-state index in [1.54, 1.807) is 30.3 Å². The molecule has 1 aliphatic rings. The van der Waals surface area contributed by atoms with Crippen molar-refractivity contribution in [2.24, 2.45) is 0 Å². The normalized spacial score (nSPS) is 16.0. The number of sulfonamides is 1. The molecule has 3 heterocycles. The number of carbonyl (C=O) groups is 1. The second-order valence-electron chi connectivity index (χ2n) is 5.40. The van der Waals surface area contributed by atoms with Crippen LogP contribution in [0.5, 0.6) is 0 Å². The van der Waals surface area contributed by atoms with Crippen LogP contribution in [0.1, 0.15) is 23.5 Å². The Labute approximate surface area is 144 Å². The number of hydrogen-bond acceptors (Lipinski definition) is 5. The lowest BCUT2D eigenvalue weighted by molar-refractivity contribution is -0.116. The van der Waals surface area contributed by atoms with Crippen LogP contribution < -0.4 is 5.32 Å². The van der Waals surface area contributed by atoms with Crippen LogP contribution in [-0.4, -0.2) is 31.7 Å². The summed E-state index contributed by atoms with van der Waals surface area (Å²) in [5.41, 5.74) is 0. The Morgan fingerprint density at radius 1 is 1.29 bits per heavy atom. The molecule has 2 aromatic heterocycles. The summed E-state index contributed by atoms with van der Waals surface area (Å²) in [7, 11) is -3.38. The summed E-state index contributed by atoms with van der Waals surface area (Å²) in [6.07, 6.45) is 6.32. The van der Waals surface area contributed by atoms with E-state index in [-0.39, 0.29) is 5.91 Å². The van der Waals surface area contributed by atoms with Gasteiger partial charge in [0.2, 0.25) is 5.91 Å². The average Bonchev–Trinajstić information content (AvgIpc) is 3.33. The number of furan rings is 1. The molecule has 0 bridgehead atoms. The van der Waals surface area contributed by atoms with Gasteiger partial charge in [-0.15, -0.1) is 11.3 Å². The number of hydrogen-bond donors (Lipinski definition) is 1. The van der Waals surface area contributed by atoms with Gasteiger partial charge in [-0.2, -0.15) is 4.31 Å². The molecular formula is C16H18N2O4S2. The number of nitrogens with zero attached hydrogens (tertiary/aromatic N) is 1. The molecule has 0 atom stereocenters. The lowest BCUT2D eigenvalue weighted by Crippen LogP contribution is -2.27. The van der Waals surface area contributed by atoms with E-state index in [4.69, 9.17) is 4.42 Å². The third-order valence-electron chi connectivity index (χ3n) is 3.68. The van der Waals surface area contributed by atoms with Crippen molar-refractivity contribution < 1.29 is 17.6 Å². The summed E-state index contributed by atoms with van der Waals surface area (Å²) in [5, 5.41) is 2.73. The SMILES string of the molecule is O=C(C=Cc1ccco1)NCc1ccc(S(=O)(=O)N2CCCC2)s1. The van der Waals surface area contributed by atoms with Crippen molar-refractivity contribution in [1.29, 1.82) is 0 Å². The molecule has 1 fully saturated rings. The first-order valence-corrected chi connectivity index (χ1v) is 9.90. The predicted octanol–water partition coefficient (Wildman–Crippen LogP) is 2.46. The minimum absolute atomic E-state index is 0.260. The van der Waals surface area contributed by atoms with E-state index < -0.39 is 10.0 Å². The third kappa shape index (κ3) is 3.95. The van der Waals surface area contributed by atoms with E-state index in [1.807, 2.05) is 0 Å². The molecule has 0 spiro atoms. The highest BCUT2D eigenvalue weighted by molar-refractivity contribution is 7.91. The maximum absolute atomic E-state index is 12.4. The summed E-state index contributed by atoms with van der Waals surface area (Å²) in [6.45, 7) is 1.47. The molecule has 0 aliphatic carbocycles. The highest BCUT2D eigenvalue weighted by atomic mass is 32.2. The van der Waals surface area contributed by atoms with Gasteiger partial charge in [-0.3, -0.25) is 4.79 Å². The highest BCUT2D eigenvalue weighted by Crippen LogP contribution is 2.27. The minimum Gasteiger partial charge on any atom is -0.465 e. The Morgan fingerprint density at radius 3 is 2.79 bits per heavy atom. The molecule has 1 aliphatic heterocycles. The van der Waals surface area contributed by atoms with Crippen LogP contribution >= 0.6 is 11.3 Å². The van der Waals surface area contributed by atoms with Gasteiger partial charge >= 0.3 is 0 Å². The minimum atomic E-state index is -3.38.